The van der Waals surface area contributed by atoms with Gasteiger partial charge in [-0.3, -0.25) is 14.5 Å². The van der Waals surface area contributed by atoms with Gasteiger partial charge >= 0.3 is 0 Å². The molecule has 134 valence electrons. The standard InChI is InChI=1S/C17H22N4O3S/c1-13-11-14(24-19-13)12-20-6-8-21(9-7-20)16(22)4-5-18-17(23)15-3-2-10-25-15/h2-3,10-11H,4-9,12H2,1H3,(H,18,23). The minimum Gasteiger partial charge on any atom is -0.360 e. The molecule has 7 nitrogen and oxygen atoms in total. The van der Waals surface area contributed by atoms with Gasteiger partial charge in [0.05, 0.1) is 17.1 Å². The van der Waals surface area contributed by atoms with Crippen LogP contribution in [0, 0.1) is 6.92 Å². The highest BCUT2D eigenvalue weighted by atomic mass is 32.1. The van der Waals surface area contributed by atoms with Crippen molar-refractivity contribution in [2.45, 2.75) is 19.9 Å². The molecule has 1 saturated heterocycles. The molecule has 3 heterocycles. The van der Waals surface area contributed by atoms with Gasteiger partial charge in [0.1, 0.15) is 0 Å². The third-order valence-corrected chi connectivity index (χ3v) is 5.02. The predicted octanol–water partition coefficient (Wildman–Crippen LogP) is 1.51. The molecule has 1 N–H and O–H groups in total. The van der Waals surface area contributed by atoms with E-state index in [1.807, 2.05) is 29.3 Å². The van der Waals surface area contributed by atoms with Crippen LogP contribution < -0.4 is 5.32 Å². The number of hydrogen-bond acceptors (Lipinski definition) is 6. The first kappa shape index (κ1) is 17.6. The Morgan fingerprint density at radius 2 is 2.12 bits per heavy atom. The number of carbonyl (C=O) groups excluding carboxylic acids is 2. The van der Waals surface area contributed by atoms with Crippen molar-refractivity contribution in [2.24, 2.45) is 0 Å². The molecule has 1 aliphatic heterocycles. The number of amides is 2. The van der Waals surface area contributed by atoms with Gasteiger partial charge in [0, 0.05) is 45.2 Å². The number of nitrogens with zero attached hydrogens (tertiary/aromatic N) is 3. The summed E-state index contributed by atoms with van der Waals surface area (Å²) in [7, 11) is 0. The Bertz CT molecular complexity index is 705. The molecule has 0 aliphatic carbocycles. The second-order valence-corrected chi connectivity index (χ2v) is 7.02. The topological polar surface area (TPSA) is 78.7 Å². The van der Waals surface area contributed by atoms with Gasteiger partial charge in [-0.1, -0.05) is 11.2 Å². The second kappa shape index (κ2) is 8.26. The molecule has 0 saturated carbocycles. The van der Waals surface area contributed by atoms with Crippen molar-refractivity contribution in [2.75, 3.05) is 32.7 Å². The molecular weight excluding hydrogens is 340 g/mol. The Hall–Kier alpha value is -2.19. The average Bonchev–Trinajstić information content (AvgIpc) is 3.27. The molecule has 1 fully saturated rings. The van der Waals surface area contributed by atoms with Crippen molar-refractivity contribution in [3.05, 3.63) is 39.9 Å². The van der Waals surface area contributed by atoms with E-state index in [0.717, 1.165) is 31.1 Å². The Kier molecular flexibility index (Phi) is 5.83. The fraction of sp³-hybridized carbons (Fsp3) is 0.471. The molecule has 2 amide bonds. The molecule has 0 aromatic carbocycles. The maximum atomic E-state index is 12.3. The van der Waals surface area contributed by atoms with Crippen molar-refractivity contribution < 1.29 is 14.1 Å². The summed E-state index contributed by atoms with van der Waals surface area (Å²) in [4.78, 5) is 28.9. The molecule has 2 aromatic heterocycles. The van der Waals surface area contributed by atoms with Gasteiger partial charge in [0.25, 0.3) is 5.91 Å². The Morgan fingerprint density at radius 3 is 2.76 bits per heavy atom. The summed E-state index contributed by atoms with van der Waals surface area (Å²) >= 11 is 1.40. The Morgan fingerprint density at radius 1 is 1.32 bits per heavy atom. The first-order valence-corrected chi connectivity index (χ1v) is 9.24. The van der Waals surface area contributed by atoms with E-state index in [2.05, 4.69) is 15.4 Å². The van der Waals surface area contributed by atoms with E-state index < -0.39 is 0 Å². The van der Waals surface area contributed by atoms with Gasteiger partial charge in [-0.2, -0.15) is 0 Å². The van der Waals surface area contributed by atoms with Crippen molar-refractivity contribution in [3.8, 4) is 0 Å². The van der Waals surface area contributed by atoms with Crippen LogP contribution in [0.25, 0.3) is 0 Å². The lowest BCUT2D eigenvalue weighted by molar-refractivity contribution is -0.132. The molecule has 0 spiro atoms. The molecule has 0 radical (unpaired) electrons. The average molecular weight is 362 g/mol. The first-order valence-electron chi connectivity index (χ1n) is 8.36. The van der Waals surface area contributed by atoms with E-state index in [4.69, 9.17) is 4.52 Å². The molecule has 0 atom stereocenters. The number of aromatic nitrogens is 1. The quantitative estimate of drug-likeness (QED) is 0.843. The lowest BCUT2D eigenvalue weighted by Gasteiger charge is -2.34. The van der Waals surface area contributed by atoms with E-state index in [0.29, 0.717) is 30.9 Å². The number of carbonyl (C=O) groups is 2. The number of hydrogen-bond donors (Lipinski definition) is 1. The van der Waals surface area contributed by atoms with Crippen molar-refractivity contribution in [3.63, 3.8) is 0 Å². The lowest BCUT2D eigenvalue weighted by atomic mass is 10.2. The highest BCUT2D eigenvalue weighted by Gasteiger charge is 2.21. The third-order valence-electron chi connectivity index (χ3n) is 4.15. The van der Waals surface area contributed by atoms with E-state index in [1.54, 1.807) is 6.07 Å². The number of piperazine rings is 1. The SMILES string of the molecule is Cc1cc(CN2CCN(C(=O)CCNC(=O)c3cccs3)CC2)on1. The molecule has 2 aromatic rings. The molecule has 3 rings (SSSR count). The van der Waals surface area contributed by atoms with Crippen molar-refractivity contribution in [1.82, 2.24) is 20.3 Å². The predicted molar refractivity (Wildman–Crippen MR) is 94.4 cm³/mol. The maximum Gasteiger partial charge on any atom is 0.261 e. The fourth-order valence-electron chi connectivity index (χ4n) is 2.80. The summed E-state index contributed by atoms with van der Waals surface area (Å²) < 4.78 is 5.24. The van der Waals surface area contributed by atoms with E-state index >= 15 is 0 Å². The summed E-state index contributed by atoms with van der Waals surface area (Å²) in [6.07, 6.45) is 0.332. The number of nitrogens with one attached hydrogen (secondary N) is 1. The molecule has 8 heteroatoms. The van der Waals surface area contributed by atoms with Gasteiger partial charge in [-0.15, -0.1) is 11.3 Å². The maximum absolute atomic E-state index is 12.3. The van der Waals surface area contributed by atoms with E-state index in [9.17, 15) is 9.59 Å². The zero-order chi connectivity index (χ0) is 17.6. The van der Waals surface area contributed by atoms with Crippen molar-refractivity contribution >= 4 is 23.2 Å². The Labute approximate surface area is 150 Å². The van der Waals surface area contributed by atoms with Crippen LogP contribution in [0.5, 0.6) is 0 Å². The second-order valence-electron chi connectivity index (χ2n) is 6.07. The normalized spacial score (nSPS) is 15.3. The van der Waals surface area contributed by atoms with Crippen LogP contribution in [0.2, 0.25) is 0 Å². The van der Waals surface area contributed by atoms with Gasteiger partial charge < -0.3 is 14.7 Å². The minimum absolute atomic E-state index is 0.0849. The summed E-state index contributed by atoms with van der Waals surface area (Å²) in [6, 6.07) is 5.55. The minimum atomic E-state index is -0.116. The zero-order valence-electron chi connectivity index (χ0n) is 14.2. The summed E-state index contributed by atoms with van der Waals surface area (Å²) in [5.41, 5.74) is 0.883. The summed E-state index contributed by atoms with van der Waals surface area (Å²) in [6.45, 7) is 6.02. The van der Waals surface area contributed by atoms with Gasteiger partial charge in [-0.25, -0.2) is 0 Å². The molecule has 0 unspecified atom stereocenters. The van der Waals surface area contributed by atoms with Gasteiger partial charge in [0.2, 0.25) is 5.91 Å². The molecular formula is C17H22N4O3S. The van der Waals surface area contributed by atoms with Crippen LogP contribution in [0.15, 0.2) is 28.1 Å². The third kappa shape index (κ3) is 4.90. The molecule has 0 bridgehead atoms. The monoisotopic (exact) mass is 362 g/mol. The number of rotatable bonds is 6. The van der Waals surface area contributed by atoms with Crippen LogP contribution in [-0.4, -0.2) is 59.5 Å². The largest absolute Gasteiger partial charge is 0.360 e. The smallest absolute Gasteiger partial charge is 0.261 e. The number of aryl methyl sites for hydroxylation is 1. The van der Waals surface area contributed by atoms with E-state index in [1.165, 1.54) is 11.3 Å². The lowest BCUT2D eigenvalue weighted by Crippen LogP contribution is -2.48. The van der Waals surface area contributed by atoms with Crippen LogP contribution in [0.3, 0.4) is 0 Å². The summed E-state index contributed by atoms with van der Waals surface area (Å²) in [5, 5.41) is 8.55. The molecule has 1 aliphatic rings. The first-order chi connectivity index (χ1) is 12.1. The molecule has 25 heavy (non-hydrogen) atoms. The number of thiophene rings is 1. The Balaban J connectivity index is 1.36. The van der Waals surface area contributed by atoms with Gasteiger partial charge in [0.15, 0.2) is 5.76 Å². The summed E-state index contributed by atoms with van der Waals surface area (Å²) in [5.74, 6) is 0.824. The van der Waals surface area contributed by atoms with Crippen LogP contribution in [0.1, 0.15) is 27.5 Å². The highest BCUT2D eigenvalue weighted by Crippen LogP contribution is 2.11. The fourth-order valence-corrected chi connectivity index (χ4v) is 3.44. The highest BCUT2D eigenvalue weighted by molar-refractivity contribution is 7.12. The van der Waals surface area contributed by atoms with Crippen molar-refractivity contribution in [1.29, 1.82) is 0 Å². The van der Waals surface area contributed by atoms with Crippen LogP contribution >= 0.6 is 11.3 Å². The van der Waals surface area contributed by atoms with Gasteiger partial charge in [-0.05, 0) is 18.4 Å². The van der Waals surface area contributed by atoms with E-state index in [-0.39, 0.29) is 11.8 Å². The van der Waals surface area contributed by atoms with Crippen LogP contribution in [0.4, 0.5) is 0 Å². The zero-order valence-corrected chi connectivity index (χ0v) is 15.1. The van der Waals surface area contributed by atoms with Crippen LogP contribution in [-0.2, 0) is 11.3 Å².